The van der Waals surface area contributed by atoms with Gasteiger partial charge >= 0.3 is 0 Å². The number of hydrogen-bond donors (Lipinski definition) is 1. The molecular weight excluding hydrogens is 320 g/mol. The largest absolute Gasteiger partial charge is 0.481 e. The number of anilines is 1. The van der Waals surface area contributed by atoms with E-state index >= 15 is 0 Å². The summed E-state index contributed by atoms with van der Waals surface area (Å²) >= 11 is 0. The first-order valence-electron chi connectivity index (χ1n) is 7.61. The van der Waals surface area contributed by atoms with Crippen molar-refractivity contribution >= 4 is 11.5 Å². The van der Waals surface area contributed by atoms with E-state index < -0.39 is 4.92 Å². The number of nitrogens with zero attached hydrogens (tertiary/aromatic N) is 3. The molecule has 0 spiro atoms. The van der Waals surface area contributed by atoms with E-state index in [-0.39, 0.29) is 5.69 Å². The maximum atomic E-state index is 11.3. The molecule has 0 atom stereocenters. The highest BCUT2D eigenvalue weighted by Crippen LogP contribution is 2.29. The van der Waals surface area contributed by atoms with Crippen molar-refractivity contribution in [2.45, 2.75) is 6.54 Å². The van der Waals surface area contributed by atoms with Crippen LogP contribution in [0.5, 0.6) is 5.88 Å². The number of benzene rings is 1. The Morgan fingerprint density at radius 2 is 1.92 bits per heavy atom. The van der Waals surface area contributed by atoms with Crippen molar-refractivity contribution in [1.29, 1.82) is 0 Å². The molecule has 2 heterocycles. The van der Waals surface area contributed by atoms with Gasteiger partial charge in [-0.1, -0.05) is 36.4 Å². The van der Waals surface area contributed by atoms with Crippen LogP contribution < -0.4 is 10.1 Å². The Balaban J connectivity index is 1.83. The normalized spacial score (nSPS) is 10.3. The standard InChI is InChI=1S/C18H16N4O3/c1-25-17-10-7-13(12-20-17)11-19-16-9-8-15(22(23)24)18(21-16)14-5-3-2-4-6-14/h2-10,12H,11H2,1H3,(H,19,21). The first-order chi connectivity index (χ1) is 12.2. The highest BCUT2D eigenvalue weighted by Gasteiger charge is 2.17. The van der Waals surface area contributed by atoms with Crippen molar-refractivity contribution in [3.8, 4) is 17.1 Å². The fourth-order valence-electron chi connectivity index (χ4n) is 2.33. The van der Waals surface area contributed by atoms with Gasteiger partial charge in [-0.3, -0.25) is 10.1 Å². The molecule has 25 heavy (non-hydrogen) atoms. The van der Waals surface area contributed by atoms with Crippen LogP contribution in [0.2, 0.25) is 0 Å². The van der Waals surface area contributed by atoms with Gasteiger partial charge in [0.05, 0.1) is 12.0 Å². The van der Waals surface area contributed by atoms with Crippen molar-refractivity contribution in [1.82, 2.24) is 9.97 Å². The van der Waals surface area contributed by atoms with E-state index in [1.165, 1.54) is 6.07 Å². The lowest BCUT2D eigenvalue weighted by Gasteiger charge is -2.09. The number of ether oxygens (including phenoxy) is 1. The van der Waals surface area contributed by atoms with E-state index in [4.69, 9.17) is 4.74 Å². The topological polar surface area (TPSA) is 90.2 Å². The molecule has 0 saturated carbocycles. The lowest BCUT2D eigenvalue weighted by Crippen LogP contribution is -2.04. The minimum Gasteiger partial charge on any atom is -0.481 e. The fourth-order valence-corrected chi connectivity index (χ4v) is 2.33. The van der Waals surface area contributed by atoms with Crippen LogP contribution in [0.25, 0.3) is 11.3 Å². The predicted molar refractivity (Wildman–Crippen MR) is 94.4 cm³/mol. The number of methoxy groups -OCH3 is 1. The van der Waals surface area contributed by atoms with Gasteiger partial charge in [0, 0.05) is 30.4 Å². The fraction of sp³-hybridized carbons (Fsp3) is 0.111. The first-order valence-corrected chi connectivity index (χ1v) is 7.61. The maximum absolute atomic E-state index is 11.3. The summed E-state index contributed by atoms with van der Waals surface area (Å²) in [6.45, 7) is 0.496. The Bertz CT molecular complexity index is 867. The van der Waals surface area contributed by atoms with Gasteiger partial charge in [-0.05, 0) is 11.6 Å². The van der Waals surface area contributed by atoms with Crippen molar-refractivity contribution in [2.24, 2.45) is 0 Å². The predicted octanol–water partition coefficient (Wildman–Crippen LogP) is 3.67. The Hall–Kier alpha value is -3.48. The second-order valence-electron chi connectivity index (χ2n) is 5.25. The summed E-state index contributed by atoms with van der Waals surface area (Å²) in [7, 11) is 1.56. The molecule has 2 aromatic heterocycles. The van der Waals surface area contributed by atoms with Crippen molar-refractivity contribution in [3.63, 3.8) is 0 Å². The van der Waals surface area contributed by atoms with Gasteiger partial charge < -0.3 is 10.1 Å². The van der Waals surface area contributed by atoms with Gasteiger partial charge in [0.25, 0.3) is 5.69 Å². The van der Waals surface area contributed by atoms with Crippen molar-refractivity contribution in [3.05, 3.63) is 76.5 Å². The third kappa shape index (κ3) is 3.89. The molecule has 0 unspecified atom stereocenters. The van der Waals surface area contributed by atoms with Crippen LogP contribution in [0.3, 0.4) is 0 Å². The number of pyridine rings is 2. The molecule has 1 N–H and O–H groups in total. The van der Waals surface area contributed by atoms with Crippen LogP contribution in [-0.2, 0) is 6.54 Å². The number of nitrogens with one attached hydrogen (secondary N) is 1. The SMILES string of the molecule is COc1ccc(CNc2ccc([N+](=O)[O-])c(-c3ccccc3)n2)cn1. The Morgan fingerprint density at radius 1 is 1.12 bits per heavy atom. The Kier molecular flexibility index (Phi) is 4.84. The van der Waals surface area contributed by atoms with Crippen molar-refractivity contribution < 1.29 is 9.66 Å². The highest BCUT2D eigenvalue weighted by molar-refractivity contribution is 5.71. The highest BCUT2D eigenvalue weighted by atomic mass is 16.6. The average Bonchev–Trinajstić information content (AvgIpc) is 2.67. The second-order valence-corrected chi connectivity index (χ2v) is 5.25. The first kappa shape index (κ1) is 16.4. The molecule has 0 fully saturated rings. The summed E-state index contributed by atoms with van der Waals surface area (Å²) in [4.78, 5) is 19.4. The smallest absolute Gasteiger partial charge is 0.295 e. The number of rotatable bonds is 6. The zero-order valence-electron chi connectivity index (χ0n) is 13.5. The van der Waals surface area contributed by atoms with Crippen LogP contribution in [0.4, 0.5) is 11.5 Å². The number of nitro groups is 1. The van der Waals surface area contributed by atoms with Crippen LogP contribution in [0.1, 0.15) is 5.56 Å². The second kappa shape index (κ2) is 7.39. The van der Waals surface area contributed by atoms with Gasteiger partial charge in [0.15, 0.2) is 5.69 Å². The van der Waals surface area contributed by atoms with E-state index in [9.17, 15) is 10.1 Å². The quantitative estimate of drug-likeness (QED) is 0.545. The minimum atomic E-state index is -0.424. The van der Waals surface area contributed by atoms with Gasteiger partial charge in [0.1, 0.15) is 5.82 Å². The third-order valence-corrected chi connectivity index (χ3v) is 3.60. The molecule has 0 aliphatic heterocycles. The zero-order valence-corrected chi connectivity index (χ0v) is 13.5. The number of aromatic nitrogens is 2. The van der Waals surface area contributed by atoms with Gasteiger partial charge in [-0.2, -0.15) is 0 Å². The molecule has 0 aliphatic rings. The maximum Gasteiger partial charge on any atom is 0.295 e. The molecule has 1 aromatic carbocycles. The monoisotopic (exact) mass is 336 g/mol. The summed E-state index contributed by atoms with van der Waals surface area (Å²) in [5.74, 6) is 1.10. The van der Waals surface area contributed by atoms with Gasteiger partial charge in [-0.25, -0.2) is 9.97 Å². The molecule has 0 aliphatic carbocycles. The molecule has 0 amide bonds. The molecule has 3 rings (SSSR count). The van der Waals surface area contributed by atoms with E-state index in [0.29, 0.717) is 29.5 Å². The molecule has 7 heteroatoms. The van der Waals surface area contributed by atoms with Crippen LogP contribution >= 0.6 is 0 Å². The molecule has 0 saturated heterocycles. The molecule has 0 bridgehead atoms. The summed E-state index contributed by atoms with van der Waals surface area (Å²) in [6, 6.07) is 15.8. The summed E-state index contributed by atoms with van der Waals surface area (Å²) < 4.78 is 5.02. The third-order valence-electron chi connectivity index (χ3n) is 3.60. The lowest BCUT2D eigenvalue weighted by atomic mass is 10.1. The average molecular weight is 336 g/mol. The van der Waals surface area contributed by atoms with Gasteiger partial charge in [0.2, 0.25) is 5.88 Å². The van der Waals surface area contributed by atoms with E-state index in [0.717, 1.165) is 5.56 Å². The Morgan fingerprint density at radius 3 is 2.56 bits per heavy atom. The van der Waals surface area contributed by atoms with E-state index in [1.807, 2.05) is 24.3 Å². The Labute approximate surface area is 144 Å². The molecular formula is C18H16N4O3. The van der Waals surface area contributed by atoms with E-state index in [1.54, 1.807) is 37.6 Å². The van der Waals surface area contributed by atoms with Gasteiger partial charge in [-0.15, -0.1) is 0 Å². The summed E-state index contributed by atoms with van der Waals surface area (Å²) in [5.41, 5.74) is 1.96. The minimum absolute atomic E-state index is 0.0251. The molecule has 7 nitrogen and oxygen atoms in total. The summed E-state index contributed by atoms with van der Waals surface area (Å²) in [5, 5.41) is 14.4. The molecule has 3 aromatic rings. The summed E-state index contributed by atoms with van der Waals surface area (Å²) in [6.07, 6.45) is 1.70. The van der Waals surface area contributed by atoms with Crippen LogP contribution in [-0.4, -0.2) is 22.0 Å². The lowest BCUT2D eigenvalue weighted by molar-refractivity contribution is -0.384. The van der Waals surface area contributed by atoms with Crippen LogP contribution in [0.15, 0.2) is 60.8 Å². The molecule has 0 radical (unpaired) electrons. The van der Waals surface area contributed by atoms with Crippen LogP contribution in [0, 0.1) is 10.1 Å². The molecule has 126 valence electrons. The van der Waals surface area contributed by atoms with E-state index in [2.05, 4.69) is 15.3 Å². The zero-order chi connectivity index (χ0) is 17.6. The van der Waals surface area contributed by atoms with Crippen molar-refractivity contribution in [2.75, 3.05) is 12.4 Å². The number of hydrogen-bond acceptors (Lipinski definition) is 6.